The minimum Gasteiger partial charge on any atom is -0.497 e. The topological polar surface area (TPSA) is 53.1 Å². The van der Waals surface area contributed by atoms with Crippen molar-refractivity contribution in [2.24, 2.45) is 0 Å². The molecule has 0 aliphatic carbocycles. The van der Waals surface area contributed by atoms with Crippen LogP contribution in [0.15, 0.2) is 40.9 Å². The predicted molar refractivity (Wildman–Crippen MR) is 79.7 cm³/mol. The summed E-state index contributed by atoms with van der Waals surface area (Å²) in [7, 11) is 1.59. The van der Waals surface area contributed by atoms with E-state index in [1.165, 1.54) is 6.07 Å². The van der Waals surface area contributed by atoms with Crippen LogP contribution in [0, 0.1) is 5.82 Å². The normalized spacial score (nSPS) is 10.9. The van der Waals surface area contributed by atoms with Crippen LogP contribution < -0.4 is 10.5 Å². The van der Waals surface area contributed by atoms with Gasteiger partial charge in [0.1, 0.15) is 11.6 Å². The number of aromatic nitrogens is 2. The summed E-state index contributed by atoms with van der Waals surface area (Å²) < 4.78 is 20.9. The molecule has 2 aromatic carbocycles. The van der Waals surface area contributed by atoms with E-state index < -0.39 is 0 Å². The number of methoxy groups -OCH3 is 1. The first-order valence-electron chi connectivity index (χ1n) is 5.87. The minimum atomic E-state index is -0.350. The summed E-state index contributed by atoms with van der Waals surface area (Å²) in [5.74, 6) is 0.649. The number of fused-ring (bicyclic) bond motifs is 1. The Morgan fingerprint density at radius 2 is 2.05 bits per heavy atom. The number of ether oxygens (including phenoxy) is 1. The van der Waals surface area contributed by atoms with E-state index in [4.69, 9.17) is 10.5 Å². The van der Waals surface area contributed by atoms with Crippen LogP contribution in [0.5, 0.6) is 5.75 Å². The van der Waals surface area contributed by atoms with E-state index in [0.29, 0.717) is 27.4 Å². The highest BCUT2D eigenvalue weighted by molar-refractivity contribution is 9.10. The van der Waals surface area contributed by atoms with Crippen molar-refractivity contribution in [3.8, 4) is 11.4 Å². The zero-order valence-corrected chi connectivity index (χ0v) is 12.2. The third-order valence-corrected chi connectivity index (χ3v) is 3.69. The maximum Gasteiger partial charge on any atom is 0.205 e. The number of nitrogens with two attached hydrogens (primary N) is 1. The molecule has 6 heteroatoms. The molecule has 0 aliphatic heterocycles. The molecule has 102 valence electrons. The fourth-order valence-electron chi connectivity index (χ4n) is 2.10. The molecule has 0 fully saturated rings. The molecule has 1 heterocycles. The summed E-state index contributed by atoms with van der Waals surface area (Å²) in [6, 6.07) is 10.3. The van der Waals surface area contributed by atoms with Crippen LogP contribution in [0.3, 0.4) is 0 Å². The van der Waals surface area contributed by atoms with E-state index in [9.17, 15) is 4.39 Å². The standard InChI is InChI=1S/C14H11BrFN3O/c1-20-9-3-5-13-12(7-9)18-14(17)19(13)8-2-4-10(15)11(16)6-8/h2-7H,1H3,(H2,17,18). The van der Waals surface area contributed by atoms with Crippen molar-refractivity contribution in [1.82, 2.24) is 9.55 Å². The number of benzene rings is 2. The van der Waals surface area contributed by atoms with Crippen molar-refractivity contribution < 1.29 is 9.13 Å². The van der Waals surface area contributed by atoms with Gasteiger partial charge in [0.2, 0.25) is 5.95 Å². The van der Waals surface area contributed by atoms with Crippen molar-refractivity contribution in [3.63, 3.8) is 0 Å². The van der Waals surface area contributed by atoms with Crippen LogP contribution in [0.25, 0.3) is 16.7 Å². The van der Waals surface area contributed by atoms with Crippen LogP contribution in [-0.4, -0.2) is 16.7 Å². The summed E-state index contributed by atoms with van der Waals surface area (Å²) in [5, 5.41) is 0. The lowest BCUT2D eigenvalue weighted by molar-refractivity contribution is 0.415. The monoisotopic (exact) mass is 335 g/mol. The van der Waals surface area contributed by atoms with Crippen molar-refractivity contribution in [1.29, 1.82) is 0 Å². The molecule has 0 saturated carbocycles. The summed E-state index contributed by atoms with van der Waals surface area (Å²) in [6.07, 6.45) is 0. The zero-order valence-electron chi connectivity index (χ0n) is 10.6. The van der Waals surface area contributed by atoms with Crippen molar-refractivity contribution in [2.45, 2.75) is 0 Å². The molecule has 4 nitrogen and oxygen atoms in total. The summed E-state index contributed by atoms with van der Waals surface area (Å²) in [4.78, 5) is 4.28. The molecule has 0 aliphatic rings. The number of hydrogen-bond donors (Lipinski definition) is 1. The molecular weight excluding hydrogens is 325 g/mol. The molecule has 2 N–H and O–H groups in total. The van der Waals surface area contributed by atoms with E-state index in [1.807, 2.05) is 12.1 Å². The molecule has 0 unspecified atom stereocenters. The first kappa shape index (κ1) is 12.9. The van der Waals surface area contributed by atoms with Gasteiger partial charge in [-0.25, -0.2) is 9.37 Å². The van der Waals surface area contributed by atoms with Crippen LogP contribution in [-0.2, 0) is 0 Å². The Balaban J connectivity index is 2.24. The average Bonchev–Trinajstić information content (AvgIpc) is 2.76. The fourth-order valence-corrected chi connectivity index (χ4v) is 2.35. The molecule has 0 amide bonds. The van der Waals surface area contributed by atoms with Gasteiger partial charge in [0.05, 0.1) is 28.3 Å². The zero-order chi connectivity index (χ0) is 14.3. The van der Waals surface area contributed by atoms with E-state index >= 15 is 0 Å². The number of nitrogens with zero attached hydrogens (tertiary/aromatic N) is 2. The highest BCUT2D eigenvalue weighted by Gasteiger charge is 2.12. The SMILES string of the molecule is COc1ccc2c(c1)nc(N)n2-c1ccc(Br)c(F)c1. The Morgan fingerprint density at radius 3 is 2.75 bits per heavy atom. The van der Waals surface area contributed by atoms with Crippen LogP contribution >= 0.6 is 15.9 Å². The Bertz CT molecular complexity index is 800. The molecule has 1 aromatic heterocycles. The fraction of sp³-hybridized carbons (Fsp3) is 0.0714. The van der Waals surface area contributed by atoms with Gasteiger partial charge >= 0.3 is 0 Å². The third-order valence-electron chi connectivity index (χ3n) is 3.05. The second-order valence-corrected chi connectivity index (χ2v) is 5.11. The van der Waals surface area contributed by atoms with Crippen molar-refractivity contribution in [3.05, 3.63) is 46.7 Å². The largest absolute Gasteiger partial charge is 0.497 e. The van der Waals surface area contributed by atoms with Gasteiger partial charge in [0, 0.05) is 6.07 Å². The van der Waals surface area contributed by atoms with E-state index in [1.54, 1.807) is 29.9 Å². The van der Waals surface area contributed by atoms with Gasteiger partial charge in [0.25, 0.3) is 0 Å². The maximum atomic E-state index is 13.7. The lowest BCUT2D eigenvalue weighted by Gasteiger charge is -2.07. The average molecular weight is 336 g/mol. The smallest absolute Gasteiger partial charge is 0.205 e. The van der Waals surface area contributed by atoms with Crippen LogP contribution in [0.4, 0.5) is 10.3 Å². The molecule has 3 rings (SSSR count). The summed E-state index contributed by atoms with van der Waals surface area (Å²) in [6.45, 7) is 0. The number of halogens is 2. The lowest BCUT2D eigenvalue weighted by Crippen LogP contribution is -2.01. The number of rotatable bonds is 2. The molecular formula is C14H11BrFN3O. The third kappa shape index (κ3) is 2.02. The van der Waals surface area contributed by atoms with Gasteiger partial charge in [-0.3, -0.25) is 4.57 Å². The Hall–Kier alpha value is -2.08. The highest BCUT2D eigenvalue weighted by Crippen LogP contribution is 2.27. The Kier molecular flexibility index (Phi) is 3.10. The number of imidazole rings is 1. The van der Waals surface area contributed by atoms with Crippen LogP contribution in [0.2, 0.25) is 0 Å². The van der Waals surface area contributed by atoms with E-state index in [0.717, 1.165) is 5.52 Å². The van der Waals surface area contributed by atoms with Crippen molar-refractivity contribution in [2.75, 3.05) is 12.8 Å². The Labute approximate surface area is 123 Å². The molecule has 0 spiro atoms. The van der Waals surface area contributed by atoms with E-state index in [2.05, 4.69) is 20.9 Å². The number of hydrogen-bond acceptors (Lipinski definition) is 3. The van der Waals surface area contributed by atoms with E-state index in [-0.39, 0.29) is 5.82 Å². The number of nitrogen functional groups attached to an aromatic ring is 1. The Morgan fingerprint density at radius 1 is 1.25 bits per heavy atom. The van der Waals surface area contributed by atoms with Gasteiger partial charge in [-0.1, -0.05) is 0 Å². The molecule has 0 bridgehead atoms. The second-order valence-electron chi connectivity index (χ2n) is 4.26. The second kappa shape index (κ2) is 4.79. The number of anilines is 1. The summed E-state index contributed by atoms with van der Waals surface area (Å²) >= 11 is 3.13. The predicted octanol–water partition coefficient (Wildman–Crippen LogP) is 3.52. The lowest BCUT2D eigenvalue weighted by atomic mass is 10.2. The van der Waals surface area contributed by atoms with Gasteiger partial charge in [-0.2, -0.15) is 0 Å². The molecule has 0 atom stereocenters. The maximum absolute atomic E-state index is 13.7. The molecule has 3 aromatic rings. The van der Waals surface area contributed by atoms with Crippen molar-refractivity contribution >= 4 is 32.9 Å². The molecule has 0 saturated heterocycles. The van der Waals surface area contributed by atoms with Crippen LogP contribution in [0.1, 0.15) is 0 Å². The van der Waals surface area contributed by atoms with Gasteiger partial charge in [-0.15, -0.1) is 0 Å². The summed E-state index contributed by atoms with van der Waals surface area (Å²) in [5.41, 5.74) is 8.06. The molecule has 20 heavy (non-hydrogen) atoms. The van der Waals surface area contributed by atoms with Gasteiger partial charge in [-0.05, 0) is 46.3 Å². The highest BCUT2D eigenvalue weighted by atomic mass is 79.9. The first-order chi connectivity index (χ1) is 9.60. The molecule has 0 radical (unpaired) electrons. The quantitative estimate of drug-likeness (QED) is 0.779. The van der Waals surface area contributed by atoms with Gasteiger partial charge < -0.3 is 10.5 Å². The van der Waals surface area contributed by atoms with Gasteiger partial charge in [0.15, 0.2) is 0 Å². The first-order valence-corrected chi connectivity index (χ1v) is 6.67. The minimum absolute atomic E-state index is 0.301.